The number of rotatable bonds is 2. The highest BCUT2D eigenvalue weighted by atomic mass is 16.7. The summed E-state index contributed by atoms with van der Waals surface area (Å²) in [6.45, 7) is 0.221. The Morgan fingerprint density at radius 1 is 1.08 bits per heavy atom. The summed E-state index contributed by atoms with van der Waals surface area (Å²) in [5, 5.41) is 0. The van der Waals surface area contributed by atoms with E-state index >= 15 is 0 Å². The van der Waals surface area contributed by atoms with Crippen LogP contribution in [0.4, 0.5) is 0 Å². The van der Waals surface area contributed by atoms with Crippen molar-refractivity contribution in [2.75, 3.05) is 6.79 Å². The molecule has 0 radical (unpaired) electrons. The van der Waals surface area contributed by atoms with E-state index in [4.69, 9.17) is 9.47 Å². The predicted octanol–water partition coefficient (Wildman–Crippen LogP) is 3.42. The number of carbonyl (C=O) groups is 1. The van der Waals surface area contributed by atoms with Crippen LogP contribution in [0.5, 0.6) is 11.5 Å². The van der Waals surface area contributed by atoms with Gasteiger partial charge in [-0.3, -0.25) is 4.79 Å². The first-order chi connectivity index (χ1) is 12.3. The smallest absolute Gasteiger partial charge is 0.231 e. The Balaban J connectivity index is 1.45. The lowest BCUT2D eigenvalue weighted by molar-refractivity contribution is 0.104. The lowest BCUT2D eigenvalue weighted by Gasteiger charge is -2.02. The van der Waals surface area contributed by atoms with Crippen LogP contribution in [-0.4, -0.2) is 22.1 Å². The second kappa shape index (κ2) is 5.34. The van der Waals surface area contributed by atoms with Gasteiger partial charge < -0.3 is 14.0 Å². The summed E-state index contributed by atoms with van der Waals surface area (Å²) in [6, 6.07) is 11.7. The molecule has 1 aliphatic carbocycles. The van der Waals surface area contributed by atoms with Gasteiger partial charge in [-0.25, -0.2) is 4.98 Å². The van der Waals surface area contributed by atoms with Crippen molar-refractivity contribution in [1.82, 2.24) is 9.55 Å². The molecule has 2 heterocycles. The lowest BCUT2D eigenvalue weighted by Crippen LogP contribution is -1.96. The molecule has 5 heteroatoms. The molecule has 0 N–H and O–H groups in total. The van der Waals surface area contributed by atoms with Crippen molar-refractivity contribution >= 4 is 11.9 Å². The molecule has 2 aliphatic rings. The Morgan fingerprint density at radius 2 is 1.88 bits per heavy atom. The highest BCUT2D eigenvalue weighted by Gasteiger charge is 2.28. The highest BCUT2D eigenvalue weighted by Crippen LogP contribution is 2.39. The maximum atomic E-state index is 12.7. The number of aromatic nitrogens is 2. The number of ether oxygens (including phenoxy) is 2. The van der Waals surface area contributed by atoms with Crippen molar-refractivity contribution < 1.29 is 14.3 Å². The van der Waals surface area contributed by atoms with E-state index in [1.54, 1.807) is 18.6 Å². The fourth-order valence-electron chi connectivity index (χ4n) is 3.27. The summed E-state index contributed by atoms with van der Waals surface area (Å²) >= 11 is 0. The van der Waals surface area contributed by atoms with Crippen LogP contribution in [0.2, 0.25) is 0 Å². The third kappa shape index (κ3) is 2.32. The molecule has 3 aromatic rings. The molecule has 0 fully saturated rings. The number of fused-ring (bicyclic) bond motifs is 2. The van der Waals surface area contributed by atoms with Gasteiger partial charge >= 0.3 is 0 Å². The number of imidazole rings is 1. The van der Waals surface area contributed by atoms with E-state index in [1.807, 2.05) is 47.2 Å². The topological polar surface area (TPSA) is 53.4 Å². The first kappa shape index (κ1) is 14.0. The summed E-state index contributed by atoms with van der Waals surface area (Å²) in [6.07, 6.45) is 7.97. The standard InChI is InChI=1S/C20H14N2O3/c23-20-15(8-14-9-18-19(10-17(14)20)25-12-24-18)7-13-1-3-16(4-2-13)22-6-5-21-11-22/h1-7,9-11H,8,12H2/b15-7+. The third-order valence-electron chi connectivity index (χ3n) is 4.55. The van der Waals surface area contributed by atoms with Crippen molar-refractivity contribution in [2.24, 2.45) is 0 Å². The Hall–Kier alpha value is -3.34. The van der Waals surface area contributed by atoms with Gasteiger partial charge in [-0.15, -0.1) is 0 Å². The monoisotopic (exact) mass is 330 g/mol. The number of hydrogen-bond acceptors (Lipinski definition) is 4. The molecule has 122 valence electrons. The molecule has 0 amide bonds. The normalized spacial score (nSPS) is 16.5. The molecule has 0 unspecified atom stereocenters. The second-order valence-electron chi connectivity index (χ2n) is 6.10. The summed E-state index contributed by atoms with van der Waals surface area (Å²) in [7, 11) is 0. The number of carbonyl (C=O) groups excluding carboxylic acids is 1. The van der Waals surface area contributed by atoms with Gasteiger partial charge in [0, 0.05) is 35.6 Å². The predicted molar refractivity (Wildman–Crippen MR) is 92.1 cm³/mol. The highest BCUT2D eigenvalue weighted by molar-refractivity contribution is 6.16. The van der Waals surface area contributed by atoms with Crippen LogP contribution in [0.25, 0.3) is 11.8 Å². The average Bonchev–Trinajstić information content (AvgIpc) is 3.36. The quantitative estimate of drug-likeness (QED) is 0.676. The van der Waals surface area contributed by atoms with E-state index in [0.29, 0.717) is 17.7 Å². The summed E-state index contributed by atoms with van der Waals surface area (Å²) in [4.78, 5) is 16.7. The van der Waals surface area contributed by atoms with E-state index in [0.717, 1.165) is 28.1 Å². The van der Waals surface area contributed by atoms with E-state index in [9.17, 15) is 4.79 Å². The molecule has 2 aromatic carbocycles. The molecule has 5 rings (SSSR count). The lowest BCUT2D eigenvalue weighted by atomic mass is 10.1. The maximum absolute atomic E-state index is 12.7. The van der Waals surface area contributed by atoms with Crippen LogP contribution >= 0.6 is 0 Å². The molecule has 1 aliphatic heterocycles. The van der Waals surface area contributed by atoms with Crippen LogP contribution < -0.4 is 9.47 Å². The Bertz CT molecular complexity index is 1000. The zero-order chi connectivity index (χ0) is 16.8. The Labute approximate surface area is 144 Å². The van der Waals surface area contributed by atoms with E-state index < -0.39 is 0 Å². The van der Waals surface area contributed by atoms with Crippen LogP contribution in [0.3, 0.4) is 0 Å². The zero-order valence-corrected chi connectivity index (χ0v) is 13.3. The van der Waals surface area contributed by atoms with Crippen molar-refractivity contribution in [3.63, 3.8) is 0 Å². The van der Waals surface area contributed by atoms with Crippen LogP contribution in [-0.2, 0) is 6.42 Å². The van der Waals surface area contributed by atoms with E-state index in [-0.39, 0.29) is 12.6 Å². The van der Waals surface area contributed by atoms with Crippen LogP contribution in [0.15, 0.2) is 60.7 Å². The summed E-state index contributed by atoms with van der Waals surface area (Å²) < 4.78 is 12.7. The molecule has 0 bridgehead atoms. The summed E-state index contributed by atoms with van der Waals surface area (Å²) in [5.41, 5.74) is 4.53. The minimum Gasteiger partial charge on any atom is -0.454 e. The number of ketones is 1. The van der Waals surface area contributed by atoms with Crippen LogP contribution in [0, 0.1) is 0 Å². The minimum atomic E-state index is 0.0620. The van der Waals surface area contributed by atoms with Gasteiger partial charge in [-0.05, 0) is 41.5 Å². The first-order valence-electron chi connectivity index (χ1n) is 8.04. The molecule has 0 spiro atoms. The number of allylic oxidation sites excluding steroid dienone is 1. The first-order valence-corrected chi connectivity index (χ1v) is 8.04. The molecular weight excluding hydrogens is 316 g/mol. The fraction of sp³-hybridized carbons (Fsp3) is 0.100. The van der Waals surface area contributed by atoms with Gasteiger partial charge in [0.15, 0.2) is 17.3 Å². The number of hydrogen-bond donors (Lipinski definition) is 0. The van der Waals surface area contributed by atoms with Gasteiger partial charge in [0.1, 0.15) is 0 Å². The number of nitrogens with zero attached hydrogens (tertiary/aromatic N) is 2. The summed E-state index contributed by atoms with van der Waals surface area (Å²) in [5.74, 6) is 1.43. The number of Topliss-reactive ketones (excluding diaryl/α,β-unsaturated/α-hetero) is 1. The number of benzene rings is 2. The molecular formula is C20H14N2O3. The largest absolute Gasteiger partial charge is 0.454 e. The molecule has 5 nitrogen and oxygen atoms in total. The average molecular weight is 330 g/mol. The van der Waals surface area contributed by atoms with Gasteiger partial charge in [-0.1, -0.05) is 12.1 Å². The zero-order valence-electron chi connectivity index (χ0n) is 13.3. The molecule has 0 saturated heterocycles. The second-order valence-corrected chi connectivity index (χ2v) is 6.10. The molecule has 0 saturated carbocycles. The Kier molecular flexibility index (Phi) is 3.00. The van der Waals surface area contributed by atoms with Crippen LogP contribution in [0.1, 0.15) is 21.5 Å². The van der Waals surface area contributed by atoms with Gasteiger partial charge in [0.25, 0.3) is 0 Å². The van der Waals surface area contributed by atoms with Gasteiger partial charge in [0.2, 0.25) is 6.79 Å². The maximum Gasteiger partial charge on any atom is 0.231 e. The van der Waals surface area contributed by atoms with Crippen molar-refractivity contribution in [2.45, 2.75) is 6.42 Å². The van der Waals surface area contributed by atoms with E-state index in [2.05, 4.69) is 4.98 Å². The Morgan fingerprint density at radius 3 is 2.64 bits per heavy atom. The molecule has 0 atom stereocenters. The van der Waals surface area contributed by atoms with Crippen molar-refractivity contribution in [3.05, 3.63) is 77.4 Å². The minimum absolute atomic E-state index is 0.0620. The third-order valence-corrected chi connectivity index (χ3v) is 4.55. The van der Waals surface area contributed by atoms with Crippen molar-refractivity contribution in [1.29, 1.82) is 0 Å². The molecule has 25 heavy (non-hydrogen) atoms. The van der Waals surface area contributed by atoms with Crippen molar-refractivity contribution in [3.8, 4) is 17.2 Å². The molecule has 1 aromatic heterocycles. The fourth-order valence-corrected chi connectivity index (χ4v) is 3.27. The van der Waals surface area contributed by atoms with Gasteiger partial charge in [-0.2, -0.15) is 0 Å². The van der Waals surface area contributed by atoms with Gasteiger partial charge in [0.05, 0.1) is 6.33 Å². The van der Waals surface area contributed by atoms with E-state index in [1.165, 1.54) is 0 Å². The SMILES string of the molecule is O=C1/C(=C/c2ccc(-n3ccnc3)cc2)Cc2cc3c(cc21)OCO3.